The Bertz CT molecular complexity index is 665. The fourth-order valence-electron chi connectivity index (χ4n) is 1.39. The highest BCUT2D eigenvalue weighted by Gasteiger charge is 2.12. The molecule has 2 aromatic rings. The van der Waals surface area contributed by atoms with Crippen LogP contribution in [0.5, 0.6) is 5.75 Å². The normalized spacial score (nSPS) is 10.5. The Hall–Kier alpha value is -1.72. The number of ether oxygens (including phenoxy) is 1. The fourth-order valence-corrected chi connectivity index (χ4v) is 1.76. The highest BCUT2D eigenvalue weighted by Crippen LogP contribution is 2.28. The van der Waals surface area contributed by atoms with Crippen LogP contribution in [0.3, 0.4) is 0 Å². The zero-order valence-corrected chi connectivity index (χ0v) is 9.67. The van der Waals surface area contributed by atoms with E-state index in [-0.39, 0.29) is 16.2 Å². The number of hydrogen-bond donors (Lipinski definition) is 2. The largest absolute Gasteiger partial charge is 0.511 e. The van der Waals surface area contributed by atoms with Gasteiger partial charge in [-0.2, -0.15) is 0 Å². The molecule has 17 heavy (non-hydrogen) atoms. The molecule has 0 aliphatic rings. The number of fused-ring (bicyclic) bond motifs is 1. The van der Waals surface area contributed by atoms with E-state index in [4.69, 9.17) is 28.3 Å². The first kappa shape index (κ1) is 11.8. The monoisotopic (exact) mass is 273 g/mol. The molecule has 0 atom stereocenters. The van der Waals surface area contributed by atoms with Gasteiger partial charge in [0, 0.05) is 6.20 Å². The number of H-pyrrole nitrogens is 1. The van der Waals surface area contributed by atoms with Gasteiger partial charge in [-0.1, -0.05) is 23.2 Å². The van der Waals surface area contributed by atoms with E-state index in [9.17, 15) is 9.59 Å². The summed E-state index contributed by atoms with van der Waals surface area (Å²) in [5.74, 6) is -0.316. The van der Waals surface area contributed by atoms with Crippen molar-refractivity contribution < 1.29 is 14.6 Å². The van der Waals surface area contributed by atoms with E-state index >= 15 is 0 Å². The summed E-state index contributed by atoms with van der Waals surface area (Å²) in [6, 6.07) is 2.89. The summed E-state index contributed by atoms with van der Waals surface area (Å²) in [7, 11) is 0. The lowest BCUT2D eigenvalue weighted by molar-refractivity contribution is 0.144. The van der Waals surface area contributed by atoms with Gasteiger partial charge in [-0.3, -0.25) is 4.79 Å². The summed E-state index contributed by atoms with van der Waals surface area (Å²) >= 11 is 11.7. The summed E-state index contributed by atoms with van der Waals surface area (Å²) < 4.78 is 4.32. The molecule has 0 saturated carbocycles. The van der Waals surface area contributed by atoms with Crippen molar-refractivity contribution in [2.45, 2.75) is 0 Å². The van der Waals surface area contributed by atoms with Gasteiger partial charge in [0.15, 0.2) is 5.75 Å². The minimum absolute atomic E-state index is 0.197. The second kappa shape index (κ2) is 4.27. The predicted octanol–water partition coefficient (Wildman–Crippen LogP) is 2.89. The second-order valence-electron chi connectivity index (χ2n) is 3.13. The van der Waals surface area contributed by atoms with E-state index in [2.05, 4.69) is 9.72 Å². The van der Waals surface area contributed by atoms with Crippen LogP contribution in [0.15, 0.2) is 23.1 Å². The Labute approximate surface area is 105 Å². The summed E-state index contributed by atoms with van der Waals surface area (Å²) in [5, 5.41) is 9.14. The highest BCUT2D eigenvalue weighted by atomic mass is 35.5. The number of pyridine rings is 1. The van der Waals surface area contributed by atoms with Crippen LogP contribution >= 0.6 is 23.2 Å². The van der Waals surface area contributed by atoms with Gasteiger partial charge in [-0.15, -0.1) is 0 Å². The van der Waals surface area contributed by atoms with Crippen molar-refractivity contribution in [1.29, 1.82) is 0 Å². The fraction of sp³-hybridized carbons (Fsp3) is 0. The average molecular weight is 274 g/mol. The first-order valence-corrected chi connectivity index (χ1v) is 5.16. The molecule has 0 spiro atoms. The maximum Gasteiger partial charge on any atom is 0.511 e. The van der Waals surface area contributed by atoms with Crippen LogP contribution in [0, 0.1) is 0 Å². The van der Waals surface area contributed by atoms with Crippen LogP contribution < -0.4 is 10.2 Å². The molecule has 2 rings (SSSR count). The molecule has 1 heterocycles. The molecular weight excluding hydrogens is 269 g/mol. The number of nitrogens with one attached hydrogen (secondary N) is 1. The smallest absolute Gasteiger partial charge is 0.449 e. The van der Waals surface area contributed by atoms with Crippen LogP contribution in [0.25, 0.3) is 10.9 Å². The number of hydrogen-bond acceptors (Lipinski definition) is 3. The molecule has 0 unspecified atom stereocenters. The van der Waals surface area contributed by atoms with Crippen LogP contribution in [0.4, 0.5) is 4.79 Å². The summed E-state index contributed by atoms with van der Waals surface area (Å²) in [4.78, 5) is 24.8. The van der Waals surface area contributed by atoms with Gasteiger partial charge in [0.25, 0.3) is 0 Å². The molecule has 0 aliphatic heterocycles. The molecule has 1 aromatic heterocycles. The number of aromatic nitrogens is 1. The van der Waals surface area contributed by atoms with Crippen LogP contribution in [-0.4, -0.2) is 16.2 Å². The maximum absolute atomic E-state index is 11.8. The first-order valence-electron chi connectivity index (χ1n) is 4.41. The standard InChI is InChI=1S/C10H5Cl2NO4/c11-5-2-1-4-8(7(5)12)13-3-6(9(4)14)17-10(15)16/h1-3H,(H,13,14)(H,15,16). The highest BCUT2D eigenvalue weighted by molar-refractivity contribution is 6.44. The number of benzene rings is 1. The van der Waals surface area contributed by atoms with Gasteiger partial charge in [0.2, 0.25) is 5.43 Å². The van der Waals surface area contributed by atoms with E-state index in [1.54, 1.807) is 0 Å². The molecule has 1 aromatic carbocycles. The van der Waals surface area contributed by atoms with Crippen LogP contribution in [0.2, 0.25) is 10.0 Å². The van der Waals surface area contributed by atoms with Gasteiger partial charge in [-0.25, -0.2) is 4.79 Å². The molecule has 0 fully saturated rings. The van der Waals surface area contributed by atoms with E-state index in [1.165, 1.54) is 12.1 Å². The molecule has 7 heteroatoms. The zero-order chi connectivity index (χ0) is 12.6. The summed E-state index contributed by atoms with van der Waals surface area (Å²) in [5.41, 5.74) is -0.235. The van der Waals surface area contributed by atoms with Gasteiger partial charge in [0.1, 0.15) is 0 Å². The van der Waals surface area contributed by atoms with Crippen molar-refractivity contribution in [3.8, 4) is 5.75 Å². The first-order chi connectivity index (χ1) is 8.00. The quantitative estimate of drug-likeness (QED) is 0.783. The van der Waals surface area contributed by atoms with Gasteiger partial charge in [-0.05, 0) is 12.1 Å². The lowest BCUT2D eigenvalue weighted by Crippen LogP contribution is -2.13. The Kier molecular flexibility index (Phi) is 2.95. The Morgan fingerprint density at radius 3 is 2.71 bits per heavy atom. The molecule has 2 N–H and O–H groups in total. The number of aromatic amines is 1. The minimum atomic E-state index is -1.56. The van der Waals surface area contributed by atoms with Crippen molar-refractivity contribution in [3.63, 3.8) is 0 Å². The van der Waals surface area contributed by atoms with Gasteiger partial charge in [0.05, 0.1) is 20.9 Å². The minimum Gasteiger partial charge on any atom is -0.449 e. The Morgan fingerprint density at radius 2 is 2.06 bits per heavy atom. The van der Waals surface area contributed by atoms with E-state index in [0.717, 1.165) is 6.20 Å². The number of carbonyl (C=O) groups is 1. The average Bonchev–Trinajstić information content (AvgIpc) is 2.27. The molecule has 0 saturated heterocycles. The Morgan fingerprint density at radius 1 is 1.35 bits per heavy atom. The predicted molar refractivity (Wildman–Crippen MR) is 63.2 cm³/mol. The molecule has 0 radical (unpaired) electrons. The van der Waals surface area contributed by atoms with Crippen molar-refractivity contribution in [1.82, 2.24) is 4.98 Å². The topological polar surface area (TPSA) is 79.4 Å². The molecule has 0 bridgehead atoms. The number of carboxylic acid groups (broad SMARTS) is 1. The van der Waals surface area contributed by atoms with E-state index in [1.807, 2.05) is 0 Å². The van der Waals surface area contributed by atoms with Crippen molar-refractivity contribution in [3.05, 3.63) is 38.6 Å². The lowest BCUT2D eigenvalue weighted by Gasteiger charge is -2.04. The lowest BCUT2D eigenvalue weighted by atomic mass is 10.2. The van der Waals surface area contributed by atoms with Gasteiger partial charge < -0.3 is 14.8 Å². The number of halogens is 2. The third-order valence-electron chi connectivity index (χ3n) is 2.11. The van der Waals surface area contributed by atoms with Crippen molar-refractivity contribution in [2.75, 3.05) is 0 Å². The second-order valence-corrected chi connectivity index (χ2v) is 3.92. The van der Waals surface area contributed by atoms with Crippen molar-refractivity contribution >= 4 is 40.3 Å². The summed E-state index contributed by atoms with van der Waals surface area (Å²) in [6.07, 6.45) is -0.434. The van der Waals surface area contributed by atoms with Crippen molar-refractivity contribution in [2.24, 2.45) is 0 Å². The molecule has 5 nitrogen and oxygen atoms in total. The van der Waals surface area contributed by atoms with E-state index < -0.39 is 11.6 Å². The van der Waals surface area contributed by atoms with Crippen LogP contribution in [-0.2, 0) is 0 Å². The summed E-state index contributed by atoms with van der Waals surface area (Å²) in [6.45, 7) is 0. The molecule has 0 amide bonds. The molecular formula is C10H5Cl2NO4. The van der Waals surface area contributed by atoms with Gasteiger partial charge >= 0.3 is 6.16 Å². The third-order valence-corrected chi connectivity index (χ3v) is 2.91. The SMILES string of the molecule is O=C(O)Oc1c[nH]c2c(Cl)c(Cl)ccc2c1=O. The maximum atomic E-state index is 11.8. The number of rotatable bonds is 1. The molecule has 88 valence electrons. The van der Waals surface area contributed by atoms with Crippen LogP contribution in [0.1, 0.15) is 0 Å². The zero-order valence-electron chi connectivity index (χ0n) is 8.16. The third kappa shape index (κ3) is 2.07. The van der Waals surface area contributed by atoms with E-state index in [0.29, 0.717) is 10.5 Å². The molecule has 0 aliphatic carbocycles. The Balaban J connectivity index is 2.73.